The van der Waals surface area contributed by atoms with Crippen molar-refractivity contribution in [3.8, 4) is 0 Å². The fourth-order valence-corrected chi connectivity index (χ4v) is 3.29. The fraction of sp³-hybridized carbons (Fsp3) is 0.611. The van der Waals surface area contributed by atoms with Crippen LogP contribution in [0.3, 0.4) is 0 Å². The lowest BCUT2D eigenvalue weighted by atomic mass is 9.89. The largest absolute Gasteiger partial charge is 0.445 e. The maximum Gasteiger partial charge on any atom is 0.410 e. The van der Waals surface area contributed by atoms with Crippen molar-refractivity contribution < 1.29 is 9.53 Å². The van der Waals surface area contributed by atoms with Crippen LogP contribution < -0.4 is 5.32 Å². The van der Waals surface area contributed by atoms with Crippen molar-refractivity contribution >= 4 is 6.09 Å². The molecule has 3 rings (SSSR count). The molecule has 1 saturated carbocycles. The van der Waals surface area contributed by atoms with Crippen molar-refractivity contribution in [3.05, 3.63) is 35.9 Å². The second-order valence-corrected chi connectivity index (χ2v) is 6.55. The van der Waals surface area contributed by atoms with Gasteiger partial charge in [-0.2, -0.15) is 0 Å². The molecule has 1 heterocycles. The molecule has 2 fully saturated rings. The van der Waals surface area contributed by atoms with E-state index in [1.807, 2.05) is 30.3 Å². The summed E-state index contributed by atoms with van der Waals surface area (Å²) in [6.07, 6.45) is 6.70. The number of carbonyl (C=O) groups excluding carboxylic acids is 1. The molecule has 1 aromatic rings. The number of hydrogen-bond acceptors (Lipinski definition) is 3. The van der Waals surface area contributed by atoms with Gasteiger partial charge in [-0.05, 0) is 30.9 Å². The topological polar surface area (TPSA) is 41.6 Å². The number of hydrogen-bond donors (Lipinski definition) is 1. The molecule has 1 aliphatic carbocycles. The summed E-state index contributed by atoms with van der Waals surface area (Å²) in [6, 6.07) is 10.3. The Balaban J connectivity index is 1.30. The molecular weight excluding hydrogens is 276 g/mol. The van der Waals surface area contributed by atoms with Gasteiger partial charge in [-0.3, -0.25) is 0 Å². The molecule has 1 N–H and O–H groups in total. The summed E-state index contributed by atoms with van der Waals surface area (Å²) >= 11 is 0. The third-order valence-electron chi connectivity index (χ3n) is 4.76. The molecule has 0 bridgehead atoms. The van der Waals surface area contributed by atoms with Crippen LogP contribution in [0.2, 0.25) is 0 Å². The highest BCUT2D eigenvalue weighted by Crippen LogP contribution is 2.23. The predicted octanol–water partition coefficient (Wildman–Crippen LogP) is 3.18. The van der Waals surface area contributed by atoms with Gasteiger partial charge < -0.3 is 15.0 Å². The Labute approximate surface area is 132 Å². The van der Waals surface area contributed by atoms with Gasteiger partial charge in [0.25, 0.3) is 0 Å². The summed E-state index contributed by atoms with van der Waals surface area (Å²) in [5.74, 6) is 0.841. The Morgan fingerprint density at radius 2 is 1.86 bits per heavy atom. The van der Waals surface area contributed by atoms with E-state index < -0.39 is 0 Å². The molecule has 0 radical (unpaired) electrons. The monoisotopic (exact) mass is 302 g/mol. The fourth-order valence-electron chi connectivity index (χ4n) is 3.29. The Morgan fingerprint density at radius 3 is 2.59 bits per heavy atom. The summed E-state index contributed by atoms with van der Waals surface area (Å²) in [7, 11) is 0. The number of nitrogens with one attached hydrogen (secondary N) is 1. The molecule has 22 heavy (non-hydrogen) atoms. The lowest BCUT2D eigenvalue weighted by molar-refractivity contribution is 0.0590. The highest BCUT2D eigenvalue weighted by Gasteiger charge is 2.31. The van der Waals surface area contributed by atoms with Crippen LogP contribution in [0.1, 0.15) is 37.7 Å². The zero-order chi connectivity index (χ0) is 15.2. The highest BCUT2D eigenvalue weighted by atomic mass is 16.6. The average molecular weight is 302 g/mol. The van der Waals surface area contributed by atoms with Crippen molar-refractivity contribution in [2.75, 3.05) is 19.6 Å². The van der Waals surface area contributed by atoms with Gasteiger partial charge in [0.05, 0.1) is 0 Å². The second-order valence-electron chi connectivity index (χ2n) is 6.55. The van der Waals surface area contributed by atoms with Gasteiger partial charge in [0, 0.05) is 19.1 Å². The zero-order valence-corrected chi connectivity index (χ0v) is 13.2. The minimum Gasteiger partial charge on any atom is -0.445 e. The quantitative estimate of drug-likeness (QED) is 0.908. The Hall–Kier alpha value is -1.55. The van der Waals surface area contributed by atoms with Crippen molar-refractivity contribution in [2.45, 2.75) is 44.8 Å². The SMILES string of the molecule is O=C(OCc1ccccc1)N1CC(NCC2CCCCC2)C1. The van der Waals surface area contributed by atoms with E-state index in [1.54, 1.807) is 4.90 Å². The molecule has 1 aromatic carbocycles. The van der Waals surface area contributed by atoms with Crippen LogP contribution in [0.15, 0.2) is 30.3 Å². The van der Waals surface area contributed by atoms with Crippen LogP contribution in [-0.4, -0.2) is 36.7 Å². The van der Waals surface area contributed by atoms with Crippen LogP contribution >= 0.6 is 0 Å². The van der Waals surface area contributed by atoms with Crippen molar-refractivity contribution in [2.24, 2.45) is 5.92 Å². The van der Waals surface area contributed by atoms with Gasteiger partial charge in [-0.1, -0.05) is 49.6 Å². The smallest absolute Gasteiger partial charge is 0.410 e. The highest BCUT2D eigenvalue weighted by molar-refractivity contribution is 5.68. The lowest BCUT2D eigenvalue weighted by Gasteiger charge is -2.39. The van der Waals surface area contributed by atoms with Crippen molar-refractivity contribution in [1.82, 2.24) is 10.2 Å². The van der Waals surface area contributed by atoms with Gasteiger partial charge in [0.15, 0.2) is 0 Å². The molecule has 0 aromatic heterocycles. The van der Waals surface area contributed by atoms with Crippen LogP contribution in [0.4, 0.5) is 4.79 Å². The number of likely N-dealkylation sites (tertiary alicyclic amines) is 1. The van der Waals surface area contributed by atoms with E-state index in [0.29, 0.717) is 12.6 Å². The third-order valence-corrected chi connectivity index (χ3v) is 4.76. The molecule has 1 amide bonds. The number of benzene rings is 1. The van der Waals surface area contributed by atoms with E-state index >= 15 is 0 Å². The standard InChI is InChI=1S/C18H26N2O2/c21-18(22-14-16-9-5-2-6-10-16)20-12-17(13-20)19-11-15-7-3-1-4-8-15/h2,5-6,9-10,15,17,19H,1,3-4,7-8,11-14H2. The number of rotatable bonds is 5. The summed E-state index contributed by atoms with van der Waals surface area (Å²) in [4.78, 5) is 13.7. The first-order valence-electron chi connectivity index (χ1n) is 8.50. The Morgan fingerprint density at radius 1 is 1.14 bits per heavy atom. The molecule has 1 aliphatic heterocycles. The van der Waals surface area contributed by atoms with Crippen LogP contribution in [-0.2, 0) is 11.3 Å². The van der Waals surface area contributed by atoms with Crippen molar-refractivity contribution in [1.29, 1.82) is 0 Å². The maximum atomic E-state index is 11.9. The first kappa shape index (κ1) is 15.3. The lowest BCUT2D eigenvalue weighted by Crippen LogP contribution is -2.60. The molecule has 4 nitrogen and oxygen atoms in total. The van der Waals surface area contributed by atoms with Crippen molar-refractivity contribution in [3.63, 3.8) is 0 Å². The Kier molecular flexibility index (Phi) is 5.33. The summed E-state index contributed by atoms with van der Waals surface area (Å²) in [6.45, 7) is 3.02. The van der Waals surface area contributed by atoms with Crippen LogP contribution in [0, 0.1) is 5.92 Å². The average Bonchev–Trinajstić information content (AvgIpc) is 2.53. The third kappa shape index (κ3) is 4.23. The van der Waals surface area contributed by atoms with Gasteiger partial charge in [-0.15, -0.1) is 0 Å². The van der Waals surface area contributed by atoms with E-state index in [2.05, 4.69) is 5.32 Å². The first-order chi connectivity index (χ1) is 10.8. The van der Waals surface area contributed by atoms with E-state index in [-0.39, 0.29) is 6.09 Å². The number of carbonyl (C=O) groups is 1. The minimum atomic E-state index is -0.195. The van der Waals surface area contributed by atoms with Crippen LogP contribution in [0.5, 0.6) is 0 Å². The van der Waals surface area contributed by atoms with E-state index in [1.165, 1.54) is 32.1 Å². The molecule has 1 saturated heterocycles. The molecule has 2 aliphatic rings. The van der Waals surface area contributed by atoms with E-state index in [4.69, 9.17) is 4.74 Å². The maximum absolute atomic E-state index is 11.9. The zero-order valence-electron chi connectivity index (χ0n) is 13.2. The summed E-state index contributed by atoms with van der Waals surface area (Å²) in [5.41, 5.74) is 1.03. The van der Waals surface area contributed by atoms with Gasteiger partial charge in [0.1, 0.15) is 6.61 Å². The number of ether oxygens (including phenoxy) is 1. The molecule has 0 spiro atoms. The molecule has 0 atom stereocenters. The Bertz CT molecular complexity index is 465. The minimum absolute atomic E-state index is 0.195. The first-order valence-corrected chi connectivity index (χ1v) is 8.50. The summed E-state index contributed by atoms with van der Waals surface area (Å²) in [5, 5.41) is 3.60. The second kappa shape index (κ2) is 7.63. The van der Waals surface area contributed by atoms with Gasteiger partial charge in [0.2, 0.25) is 0 Å². The summed E-state index contributed by atoms with van der Waals surface area (Å²) < 4.78 is 5.33. The van der Waals surface area contributed by atoms with E-state index in [9.17, 15) is 4.79 Å². The number of amides is 1. The molecule has 4 heteroatoms. The normalized spacial score (nSPS) is 19.7. The number of nitrogens with zero attached hydrogens (tertiary/aromatic N) is 1. The van der Waals surface area contributed by atoms with E-state index in [0.717, 1.165) is 31.1 Å². The predicted molar refractivity (Wildman–Crippen MR) is 86.6 cm³/mol. The van der Waals surface area contributed by atoms with Gasteiger partial charge in [-0.25, -0.2) is 4.79 Å². The van der Waals surface area contributed by atoms with Gasteiger partial charge >= 0.3 is 6.09 Å². The van der Waals surface area contributed by atoms with Crippen LogP contribution in [0.25, 0.3) is 0 Å². The molecular formula is C18H26N2O2. The molecule has 0 unspecified atom stereocenters. The molecule has 120 valence electrons.